The van der Waals surface area contributed by atoms with Crippen molar-refractivity contribution in [2.24, 2.45) is 5.73 Å². The van der Waals surface area contributed by atoms with E-state index in [0.29, 0.717) is 34.8 Å². The quantitative estimate of drug-likeness (QED) is 0.572. The Hall–Kier alpha value is -2.68. The molecule has 4 rings (SSSR count). The fourth-order valence-corrected chi connectivity index (χ4v) is 5.33. The summed E-state index contributed by atoms with van der Waals surface area (Å²) in [7, 11) is 0. The molecule has 0 spiro atoms. The molecule has 1 atom stereocenters. The highest BCUT2D eigenvalue weighted by atomic mass is 35.5. The van der Waals surface area contributed by atoms with Crippen LogP contribution in [0.5, 0.6) is 0 Å². The molecule has 0 saturated carbocycles. The summed E-state index contributed by atoms with van der Waals surface area (Å²) in [6, 6.07) is 14.2. The van der Waals surface area contributed by atoms with E-state index in [1.54, 1.807) is 11.8 Å². The molecular formula is C25H23ClN2O2S. The van der Waals surface area contributed by atoms with Crippen molar-refractivity contribution in [3.8, 4) is 6.07 Å². The summed E-state index contributed by atoms with van der Waals surface area (Å²) in [6.07, 6.45) is 1.89. The normalized spacial score (nSPS) is 18.5. The number of rotatable bonds is 4. The van der Waals surface area contributed by atoms with E-state index in [4.69, 9.17) is 22.1 Å². The van der Waals surface area contributed by atoms with Crippen LogP contribution in [0.4, 0.5) is 0 Å². The van der Waals surface area contributed by atoms with E-state index in [1.807, 2.05) is 31.2 Å². The zero-order valence-electron chi connectivity index (χ0n) is 17.5. The van der Waals surface area contributed by atoms with E-state index in [1.165, 1.54) is 5.56 Å². The van der Waals surface area contributed by atoms with Gasteiger partial charge in [-0.2, -0.15) is 5.26 Å². The molecule has 1 heterocycles. The highest BCUT2D eigenvalue weighted by Gasteiger charge is 2.38. The van der Waals surface area contributed by atoms with Crippen LogP contribution in [0.25, 0.3) is 0 Å². The monoisotopic (exact) mass is 450 g/mol. The average molecular weight is 451 g/mol. The lowest BCUT2D eigenvalue weighted by atomic mass is 9.76. The van der Waals surface area contributed by atoms with Gasteiger partial charge in [0.25, 0.3) is 0 Å². The van der Waals surface area contributed by atoms with Crippen LogP contribution in [0, 0.1) is 25.2 Å². The fraction of sp³-hybridized carbons (Fsp3) is 0.280. The van der Waals surface area contributed by atoms with E-state index in [0.717, 1.165) is 33.8 Å². The third-order valence-corrected chi connectivity index (χ3v) is 7.16. The largest absolute Gasteiger partial charge is 0.444 e. The van der Waals surface area contributed by atoms with Gasteiger partial charge < -0.3 is 10.5 Å². The van der Waals surface area contributed by atoms with Gasteiger partial charge in [-0.15, -0.1) is 11.8 Å². The standard InChI is InChI=1S/C25H23ClN2O2S/c1-14-10-15(2)19(11-16(14)13-31-18-8-6-17(26)7-9-18)23-20(12-27)25(28)30-22-5-3-4-21(29)24(22)23/h6-11,23H,3-5,13,28H2,1-2H3/t23-/m1/s1. The number of nitrogens with zero attached hydrogens (tertiary/aromatic N) is 1. The van der Waals surface area contributed by atoms with Crippen LogP contribution in [0.3, 0.4) is 0 Å². The van der Waals surface area contributed by atoms with Crippen molar-refractivity contribution in [1.29, 1.82) is 5.26 Å². The molecular weight excluding hydrogens is 428 g/mol. The van der Waals surface area contributed by atoms with Crippen molar-refractivity contribution in [3.05, 3.63) is 86.5 Å². The van der Waals surface area contributed by atoms with Crippen LogP contribution >= 0.6 is 23.4 Å². The minimum Gasteiger partial charge on any atom is -0.444 e. The molecule has 2 aromatic carbocycles. The second kappa shape index (κ2) is 8.82. The van der Waals surface area contributed by atoms with Gasteiger partial charge >= 0.3 is 0 Å². The summed E-state index contributed by atoms with van der Waals surface area (Å²) in [6.45, 7) is 4.11. The Bertz CT molecular complexity index is 1160. The lowest BCUT2D eigenvalue weighted by Gasteiger charge is -2.32. The first-order valence-electron chi connectivity index (χ1n) is 10.2. The minimum absolute atomic E-state index is 0.0450. The first-order valence-corrected chi connectivity index (χ1v) is 11.6. The lowest BCUT2D eigenvalue weighted by Crippen LogP contribution is -2.27. The Morgan fingerprint density at radius 1 is 1.19 bits per heavy atom. The predicted octanol–water partition coefficient (Wildman–Crippen LogP) is 6.06. The Kier molecular flexibility index (Phi) is 6.13. The predicted molar refractivity (Wildman–Crippen MR) is 123 cm³/mol. The summed E-state index contributed by atoms with van der Waals surface area (Å²) in [5, 5.41) is 10.6. The maximum atomic E-state index is 12.9. The number of halogens is 1. The van der Waals surface area contributed by atoms with Gasteiger partial charge in [0.15, 0.2) is 5.78 Å². The van der Waals surface area contributed by atoms with Gasteiger partial charge in [0.05, 0.1) is 5.92 Å². The molecule has 0 fully saturated rings. The maximum Gasteiger partial charge on any atom is 0.205 e. The second-order valence-corrected chi connectivity index (χ2v) is 9.40. The van der Waals surface area contributed by atoms with Crippen LogP contribution in [0.2, 0.25) is 5.02 Å². The van der Waals surface area contributed by atoms with Crippen molar-refractivity contribution >= 4 is 29.1 Å². The molecule has 158 valence electrons. The maximum absolute atomic E-state index is 12.9. The molecule has 2 aromatic rings. The number of ketones is 1. The van der Waals surface area contributed by atoms with Crippen molar-refractivity contribution in [2.75, 3.05) is 0 Å². The molecule has 0 aromatic heterocycles. The van der Waals surface area contributed by atoms with E-state index in [9.17, 15) is 10.1 Å². The Labute approximate surface area is 191 Å². The highest BCUT2D eigenvalue weighted by molar-refractivity contribution is 7.98. The molecule has 1 aliphatic heterocycles. The summed E-state index contributed by atoms with van der Waals surface area (Å²) >= 11 is 7.72. The number of hydrogen-bond acceptors (Lipinski definition) is 5. The molecule has 4 nitrogen and oxygen atoms in total. The zero-order chi connectivity index (χ0) is 22.1. The number of benzene rings is 2. The third-order valence-electron chi connectivity index (χ3n) is 5.85. The molecule has 0 radical (unpaired) electrons. The second-order valence-electron chi connectivity index (χ2n) is 7.92. The third kappa shape index (κ3) is 4.23. The van der Waals surface area contributed by atoms with Crippen molar-refractivity contribution < 1.29 is 9.53 Å². The molecule has 1 aliphatic carbocycles. The molecule has 2 N–H and O–H groups in total. The molecule has 6 heteroatoms. The van der Waals surface area contributed by atoms with Gasteiger partial charge in [-0.05, 0) is 66.8 Å². The average Bonchev–Trinajstić information content (AvgIpc) is 2.74. The van der Waals surface area contributed by atoms with Gasteiger partial charge in [-0.25, -0.2) is 0 Å². The van der Waals surface area contributed by atoms with Crippen LogP contribution in [0.15, 0.2) is 64.1 Å². The van der Waals surface area contributed by atoms with Crippen LogP contribution in [-0.2, 0) is 15.3 Å². The summed E-state index contributed by atoms with van der Waals surface area (Å²) in [5.41, 5.74) is 11.3. The van der Waals surface area contributed by atoms with Crippen molar-refractivity contribution in [1.82, 2.24) is 0 Å². The molecule has 0 bridgehead atoms. The van der Waals surface area contributed by atoms with Crippen LogP contribution in [-0.4, -0.2) is 5.78 Å². The Morgan fingerprint density at radius 3 is 2.65 bits per heavy atom. The number of allylic oxidation sites excluding steroid dienone is 3. The van der Waals surface area contributed by atoms with E-state index in [-0.39, 0.29) is 11.7 Å². The number of nitrogens with two attached hydrogens (primary N) is 1. The molecule has 31 heavy (non-hydrogen) atoms. The first-order chi connectivity index (χ1) is 14.9. The Morgan fingerprint density at radius 2 is 1.94 bits per heavy atom. The number of thioether (sulfide) groups is 1. The van der Waals surface area contributed by atoms with Crippen LogP contribution < -0.4 is 5.73 Å². The molecule has 2 aliphatic rings. The summed E-state index contributed by atoms with van der Waals surface area (Å²) in [4.78, 5) is 14.0. The lowest BCUT2D eigenvalue weighted by molar-refractivity contribution is -0.116. The summed E-state index contributed by atoms with van der Waals surface area (Å²) in [5.74, 6) is 1.07. The van der Waals surface area contributed by atoms with Gasteiger partial charge in [-0.3, -0.25) is 4.79 Å². The number of aryl methyl sites for hydroxylation is 2. The Balaban J connectivity index is 1.75. The smallest absolute Gasteiger partial charge is 0.205 e. The van der Waals surface area contributed by atoms with Gasteiger partial charge in [0, 0.05) is 34.1 Å². The number of Topliss-reactive ketones (excluding diaryl/α,β-unsaturated/α-hetero) is 1. The van der Waals surface area contributed by atoms with Crippen molar-refractivity contribution in [2.45, 2.75) is 49.7 Å². The first kappa shape index (κ1) is 21.5. The van der Waals surface area contributed by atoms with Gasteiger partial charge in [0.2, 0.25) is 5.88 Å². The highest BCUT2D eigenvalue weighted by Crippen LogP contribution is 2.45. The number of hydrogen-bond donors (Lipinski definition) is 1. The summed E-state index contributed by atoms with van der Waals surface area (Å²) < 4.78 is 5.70. The van der Waals surface area contributed by atoms with Gasteiger partial charge in [-0.1, -0.05) is 23.7 Å². The molecule has 0 amide bonds. The molecule has 0 saturated heterocycles. The SMILES string of the molecule is Cc1cc(C)c([C@@H]2C(C#N)=C(N)OC3=C2C(=O)CCC3)cc1CSc1ccc(Cl)cc1. The van der Waals surface area contributed by atoms with E-state index >= 15 is 0 Å². The zero-order valence-corrected chi connectivity index (χ0v) is 19.1. The number of carbonyl (C=O) groups is 1. The number of carbonyl (C=O) groups excluding carboxylic acids is 1. The number of ether oxygens (including phenoxy) is 1. The minimum atomic E-state index is -0.471. The fourth-order valence-electron chi connectivity index (χ4n) is 4.24. The topological polar surface area (TPSA) is 76.1 Å². The molecule has 0 unspecified atom stereocenters. The number of nitriles is 1. The van der Waals surface area contributed by atoms with E-state index < -0.39 is 5.92 Å². The van der Waals surface area contributed by atoms with Crippen LogP contribution in [0.1, 0.15) is 47.4 Å². The van der Waals surface area contributed by atoms with E-state index in [2.05, 4.69) is 25.1 Å². The van der Waals surface area contributed by atoms with Gasteiger partial charge in [0.1, 0.15) is 17.4 Å². The van der Waals surface area contributed by atoms with Crippen molar-refractivity contribution in [3.63, 3.8) is 0 Å².